The van der Waals surface area contributed by atoms with Crippen LogP contribution in [0.5, 0.6) is 0 Å². The maximum absolute atomic E-state index is 12.0. The van der Waals surface area contributed by atoms with Crippen molar-refractivity contribution >= 4 is 62.2 Å². The summed E-state index contributed by atoms with van der Waals surface area (Å²) in [6.45, 7) is 0. The fraction of sp³-hybridized carbons (Fsp3) is 0.0714. The molecule has 0 unspecified atom stereocenters. The molecule has 0 aliphatic heterocycles. The van der Waals surface area contributed by atoms with Crippen LogP contribution in [0.15, 0.2) is 39.6 Å². The van der Waals surface area contributed by atoms with E-state index in [1.54, 1.807) is 11.4 Å². The Morgan fingerprint density at radius 2 is 2.24 bits per heavy atom. The Kier molecular flexibility index (Phi) is 5.02. The first-order valence-corrected chi connectivity index (χ1v) is 9.02. The average Bonchev–Trinajstić information content (AvgIpc) is 3.04. The minimum Gasteiger partial charge on any atom is -0.324 e. The zero-order valence-corrected chi connectivity index (χ0v) is 14.7. The molecule has 0 spiro atoms. The Morgan fingerprint density at radius 3 is 3.00 bits per heavy atom. The number of thiophene rings is 1. The molecule has 11 heteroatoms. The summed E-state index contributed by atoms with van der Waals surface area (Å²) in [6.07, 6.45) is 0. The largest absolute Gasteiger partial charge is 0.324 e. The van der Waals surface area contributed by atoms with Crippen LogP contribution in [0, 0.1) is 10.1 Å². The number of hydrogen-bond donors (Lipinski definition) is 2. The summed E-state index contributed by atoms with van der Waals surface area (Å²) < 4.78 is 0. The van der Waals surface area contributed by atoms with Gasteiger partial charge in [0.2, 0.25) is 5.91 Å². The first-order chi connectivity index (χ1) is 11.9. The standard InChI is InChI=1S/C14H9ClN4O4S2/c15-9-2-1-7(19(22)23)5-10(9)16-11(20)6-25-14-17-12(21)8-3-4-24-13(8)18-14/h1-5H,6H2,(H,16,20)(H,17,18,21). The van der Waals surface area contributed by atoms with Crippen LogP contribution < -0.4 is 10.9 Å². The van der Waals surface area contributed by atoms with Gasteiger partial charge in [0.15, 0.2) is 5.16 Å². The van der Waals surface area contributed by atoms with E-state index in [4.69, 9.17) is 11.6 Å². The van der Waals surface area contributed by atoms with Crippen molar-refractivity contribution in [3.63, 3.8) is 0 Å². The number of thioether (sulfide) groups is 1. The van der Waals surface area contributed by atoms with Crippen LogP contribution in [0.2, 0.25) is 5.02 Å². The van der Waals surface area contributed by atoms with E-state index in [1.807, 2.05) is 0 Å². The van der Waals surface area contributed by atoms with Gasteiger partial charge in [-0.2, -0.15) is 0 Å². The van der Waals surface area contributed by atoms with Crippen molar-refractivity contribution in [2.24, 2.45) is 0 Å². The monoisotopic (exact) mass is 396 g/mol. The van der Waals surface area contributed by atoms with E-state index < -0.39 is 10.8 Å². The molecule has 0 saturated carbocycles. The molecular weight excluding hydrogens is 388 g/mol. The maximum Gasteiger partial charge on any atom is 0.271 e. The summed E-state index contributed by atoms with van der Waals surface area (Å²) in [5, 5.41) is 16.1. The number of aromatic nitrogens is 2. The van der Waals surface area contributed by atoms with Gasteiger partial charge in [0, 0.05) is 12.1 Å². The summed E-state index contributed by atoms with van der Waals surface area (Å²) in [5.74, 6) is -0.472. The van der Waals surface area contributed by atoms with Crippen molar-refractivity contribution in [1.29, 1.82) is 0 Å². The van der Waals surface area contributed by atoms with Gasteiger partial charge in [0.05, 0.1) is 26.8 Å². The van der Waals surface area contributed by atoms with Gasteiger partial charge in [0.25, 0.3) is 11.2 Å². The highest BCUT2D eigenvalue weighted by atomic mass is 35.5. The van der Waals surface area contributed by atoms with Crippen molar-refractivity contribution in [2.45, 2.75) is 5.16 Å². The lowest BCUT2D eigenvalue weighted by atomic mass is 10.3. The number of fused-ring (bicyclic) bond motifs is 1. The Bertz CT molecular complexity index is 1030. The number of nitrogens with one attached hydrogen (secondary N) is 2. The minimum absolute atomic E-state index is 0.0428. The molecule has 3 aromatic rings. The average molecular weight is 397 g/mol. The Morgan fingerprint density at radius 1 is 1.44 bits per heavy atom. The second-order valence-corrected chi connectivity index (χ2v) is 7.03. The van der Waals surface area contributed by atoms with E-state index >= 15 is 0 Å². The van der Waals surface area contributed by atoms with E-state index in [1.165, 1.54) is 29.5 Å². The van der Waals surface area contributed by atoms with E-state index in [9.17, 15) is 19.7 Å². The second kappa shape index (κ2) is 7.21. The molecule has 0 aliphatic carbocycles. The van der Waals surface area contributed by atoms with Gasteiger partial charge >= 0.3 is 0 Å². The number of anilines is 1. The Balaban J connectivity index is 1.69. The number of H-pyrrole nitrogens is 1. The van der Waals surface area contributed by atoms with Crippen LogP contribution in [-0.4, -0.2) is 26.6 Å². The number of aromatic amines is 1. The minimum atomic E-state index is -0.578. The smallest absolute Gasteiger partial charge is 0.271 e. The number of rotatable bonds is 5. The fourth-order valence-corrected chi connectivity index (χ4v) is 3.60. The highest BCUT2D eigenvalue weighted by Crippen LogP contribution is 2.27. The van der Waals surface area contributed by atoms with E-state index in [0.29, 0.717) is 15.4 Å². The third-order valence-electron chi connectivity index (χ3n) is 3.09. The summed E-state index contributed by atoms with van der Waals surface area (Å²) >= 11 is 8.31. The molecule has 0 bridgehead atoms. The Hall–Kier alpha value is -2.43. The molecule has 1 aromatic carbocycles. The van der Waals surface area contributed by atoms with Crippen molar-refractivity contribution in [3.8, 4) is 0 Å². The number of nitro benzene ring substituents is 1. The van der Waals surface area contributed by atoms with Crippen molar-refractivity contribution in [3.05, 3.63) is 55.1 Å². The number of non-ortho nitro benzene ring substituents is 1. The quantitative estimate of drug-likeness (QED) is 0.295. The normalized spacial score (nSPS) is 10.8. The summed E-state index contributed by atoms with van der Waals surface area (Å²) in [4.78, 5) is 41.6. The van der Waals surface area contributed by atoms with Crippen molar-refractivity contribution < 1.29 is 9.72 Å². The lowest BCUT2D eigenvalue weighted by Gasteiger charge is -2.07. The van der Waals surface area contributed by atoms with Gasteiger partial charge in [-0.15, -0.1) is 11.3 Å². The van der Waals surface area contributed by atoms with E-state index in [0.717, 1.165) is 11.8 Å². The molecule has 2 N–H and O–H groups in total. The number of hydrogen-bond acceptors (Lipinski definition) is 7. The van der Waals surface area contributed by atoms with E-state index in [-0.39, 0.29) is 27.7 Å². The summed E-state index contributed by atoms with van der Waals surface area (Å²) in [6, 6.07) is 5.45. The van der Waals surface area contributed by atoms with Crippen molar-refractivity contribution in [1.82, 2.24) is 9.97 Å². The first-order valence-electron chi connectivity index (χ1n) is 6.78. The predicted octanol–water partition coefficient (Wildman–Crippen LogP) is 3.28. The number of amides is 1. The first kappa shape index (κ1) is 17.4. The molecule has 0 radical (unpaired) electrons. The highest BCUT2D eigenvalue weighted by Gasteiger charge is 2.13. The number of carbonyl (C=O) groups excluding carboxylic acids is 1. The number of nitrogens with zero attached hydrogens (tertiary/aromatic N) is 2. The number of nitro groups is 1. The molecule has 0 aliphatic rings. The lowest BCUT2D eigenvalue weighted by molar-refractivity contribution is -0.384. The van der Waals surface area contributed by atoms with Crippen LogP contribution in [-0.2, 0) is 4.79 Å². The Labute approximate surface area is 153 Å². The van der Waals surface area contributed by atoms with Gasteiger partial charge in [-0.3, -0.25) is 19.7 Å². The molecule has 2 aromatic heterocycles. The molecule has 128 valence electrons. The molecule has 0 fully saturated rings. The zero-order chi connectivity index (χ0) is 18.0. The number of carbonyl (C=O) groups is 1. The molecular formula is C14H9ClN4O4S2. The predicted molar refractivity (Wildman–Crippen MR) is 97.7 cm³/mol. The van der Waals surface area contributed by atoms with Gasteiger partial charge in [-0.05, 0) is 17.5 Å². The third kappa shape index (κ3) is 3.98. The third-order valence-corrected chi connectivity index (χ3v) is 5.10. The molecule has 3 rings (SSSR count). The second-order valence-electron chi connectivity index (χ2n) is 4.77. The van der Waals surface area contributed by atoms with Crippen LogP contribution in [0.1, 0.15) is 0 Å². The van der Waals surface area contributed by atoms with Crippen LogP contribution in [0.3, 0.4) is 0 Å². The van der Waals surface area contributed by atoms with Gasteiger partial charge < -0.3 is 10.3 Å². The summed E-state index contributed by atoms with van der Waals surface area (Å²) in [5.41, 5.74) is -0.297. The highest BCUT2D eigenvalue weighted by molar-refractivity contribution is 7.99. The SMILES string of the molecule is O=C(CSc1nc2sccc2c(=O)[nH]1)Nc1cc([N+](=O)[O-])ccc1Cl. The van der Waals surface area contributed by atoms with Crippen LogP contribution in [0.25, 0.3) is 10.2 Å². The van der Waals surface area contributed by atoms with Crippen molar-refractivity contribution in [2.75, 3.05) is 11.1 Å². The molecule has 2 heterocycles. The van der Waals surface area contributed by atoms with Gasteiger partial charge in [0.1, 0.15) is 4.83 Å². The molecule has 0 atom stereocenters. The number of halogens is 1. The van der Waals surface area contributed by atoms with Crippen LogP contribution >= 0.6 is 34.7 Å². The number of benzene rings is 1. The fourth-order valence-electron chi connectivity index (χ4n) is 1.96. The maximum atomic E-state index is 12.0. The molecule has 1 amide bonds. The molecule has 0 saturated heterocycles. The van der Waals surface area contributed by atoms with Gasteiger partial charge in [-0.25, -0.2) is 4.98 Å². The topological polar surface area (TPSA) is 118 Å². The van der Waals surface area contributed by atoms with Gasteiger partial charge in [-0.1, -0.05) is 23.4 Å². The van der Waals surface area contributed by atoms with E-state index in [2.05, 4.69) is 15.3 Å². The lowest BCUT2D eigenvalue weighted by Crippen LogP contribution is -2.15. The molecule has 25 heavy (non-hydrogen) atoms. The molecule has 8 nitrogen and oxygen atoms in total. The summed E-state index contributed by atoms with van der Waals surface area (Å²) in [7, 11) is 0. The van der Waals surface area contributed by atoms with Crippen LogP contribution in [0.4, 0.5) is 11.4 Å². The zero-order valence-electron chi connectivity index (χ0n) is 12.3.